The molecule has 0 radical (unpaired) electrons. The largest absolute Gasteiger partial charge is 0.368 e. The summed E-state index contributed by atoms with van der Waals surface area (Å²) in [6, 6.07) is 11.2. The molecule has 0 aliphatic carbocycles. The van der Waals surface area contributed by atoms with E-state index >= 15 is 0 Å². The topological polar surface area (TPSA) is 70.2 Å². The van der Waals surface area contributed by atoms with Gasteiger partial charge in [-0.25, -0.2) is 0 Å². The van der Waals surface area contributed by atoms with Gasteiger partial charge in [0.15, 0.2) is 5.69 Å². The lowest BCUT2D eigenvalue weighted by molar-refractivity contribution is 0.0945. The van der Waals surface area contributed by atoms with Crippen LogP contribution in [0.3, 0.4) is 0 Å². The van der Waals surface area contributed by atoms with Crippen molar-refractivity contribution in [1.82, 2.24) is 20.4 Å². The second kappa shape index (κ2) is 9.20. The number of halogens is 1. The Labute approximate surface area is 147 Å². The average molecular weight is 348 g/mol. The van der Waals surface area contributed by atoms with Gasteiger partial charge in [0.05, 0.1) is 0 Å². The molecule has 0 aliphatic heterocycles. The Bertz CT molecular complexity index is 660. The van der Waals surface area contributed by atoms with E-state index in [0.29, 0.717) is 24.6 Å². The molecule has 1 heterocycles. The van der Waals surface area contributed by atoms with Crippen LogP contribution in [0.25, 0.3) is 0 Å². The van der Waals surface area contributed by atoms with Crippen molar-refractivity contribution in [2.45, 2.75) is 6.42 Å². The van der Waals surface area contributed by atoms with Gasteiger partial charge in [0.2, 0.25) is 0 Å². The second-order valence-corrected chi connectivity index (χ2v) is 6.11. The summed E-state index contributed by atoms with van der Waals surface area (Å²) in [5, 5.41) is 14.7. The Morgan fingerprint density at radius 2 is 2.00 bits per heavy atom. The molecule has 128 valence electrons. The molecule has 0 aliphatic rings. The molecule has 0 unspecified atom stereocenters. The van der Waals surface area contributed by atoms with Crippen molar-refractivity contribution in [3.8, 4) is 0 Å². The van der Waals surface area contributed by atoms with Gasteiger partial charge < -0.3 is 15.5 Å². The number of likely N-dealkylation sites (N-methyl/N-ethyl adjacent to an activating group) is 1. The Balaban J connectivity index is 1.78. The van der Waals surface area contributed by atoms with Gasteiger partial charge >= 0.3 is 0 Å². The maximum Gasteiger partial charge on any atom is 0.271 e. The van der Waals surface area contributed by atoms with E-state index in [1.165, 1.54) is 0 Å². The lowest BCUT2D eigenvalue weighted by Gasteiger charge is -2.10. The summed E-state index contributed by atoms with van der Waals surface area (Å²) in [6.45, 7) is 2.07. The standard InChI is InChI=1S/C17H22ClN5O/c1-23(2)11-10-20-17(24)15-6-7-16(22-21-15)19-9-8-13-4-3-5-14(18)12-13/h3-7,12H,8-11H2,1-2H3,(H,19,22)(H,20,24). The number of carbonyl (C=O) groups excluding carboxylic acids is 1. The fourth-order valence-electron chi connectivity index (χ4n) is 2.06. The maximum absolute atomic E-state index is 11.9. The number of aromatic nitrogens is 2. The molecule has 24 heavy (non-hydrogen) atoms. The van der Waals surface area contributed by atoms with Crippen molar-refractivity contribution in [3.63, 3.8) is 0 Å². The molecule has 0 saturated heterocycles. The van der Waals surface area contributed by atoms with Gasteiger partial charge in [0.1, 0.15) is 5.82 Å². The maximum atomic E-state index is 11.9. The lowest BCUT2D eigenvalue weighted by Crippen LogP contribution is -2.31. The number of hydrogen-bond acceptors (Lipinski definition) is 5. The van der Waals surface area contributed by atoms with E-state index in [1.807, 2.05) is 43.3 Å². The third kappa shape index (κ3) is 6.14. The summed E-state index contributed by atoms with van der Waals surface area (Å²) >= 11 is 5.96. The number of nitrogens with one attached hydrogen (secondary N) is 2. The normalized spacial score (nSPS) is 10.7. The van der Waals surface area contributed by atoms with Crippen molar-refractivity contribution in [2.75, 3.05) is 39.0 Å². The average Bonchev–Trinajstić information content (AvgIpc) is 2.55. The van der Waals surface area contributed by atoms with Crippen LogP contribution in [0.5, 0.6) is 0 Å². The zero-order valence-electron chi connectivity index (χ0n) is 13.9. The minimum atomic E-state index is -0.213. The Morgan fingerprint density at radius 1 is 1.17 bits per heavy atom. The van der Waals surface area contributed by atoms with Crippen LogP contribution in [0.2, 0.25) is 5.02 Å². The molecule has 2 rings (SSSR count). The molecule has 1 aromatic carbocycles. The smallest absolute Gasteiger partial charge is 0.271 e. The first-order valence-corrected chi connectivity index (χ1v) is 8.17. The first-order chi connectivity index (χ1) is 11.5. The van der Waals surface area contributed by atoms with Crippen molar-refractivity contribution in [2.24, 2.45) is 0 Å². The number of hydrogen-bond donors (Lipinski definition) is 2. The molecule has 0 saturated carbocycles. The summed E-state index contributed by atoms with van der Waals surface area (Å²) in [5.41, 5.74) is 1.47. The quantitative estimate of drug-likeness (QED) is 0.765. The van der Waals surface area contributed by atoms with Crippen LogP contribution in [0.4, 0.5) is 5.82 Å². The summed E-state index contributed by atoms with van der Waals surface area (Å²) in [7, 11) is 3.91. The monoisotopic (exact) mass is 347 g/mol. The van der Waals surface area contributed by atoms with E-state index in [-0.39, 0.29) is 5.91 Å². The SMILES string of the molecule is CN(C)CCNC(=O)c1ccc(NCCc2cccc(Cl)c2)nn1. The third-order valence-electron chi connectivity index (χ3n) is 3.35. The van der Waals surface area contributed by atoms with Crippen LogP contribution < -0.4 is 10.6 Å². The van der Waals surface area contributed by atoms with E-state index in [2.05, 4.69) is 20.8 Å². The predicted octanol–water partition coefficient (Wildman–Crippen LogP) is 2.08. The molecular formula is C17H22ClN5O. The summed E-state index contributed by atoms with van der Waals surface area (Å²) in [6.07, 6.45) is 0.828. The Hall–Kier alpha value is -2.18. The number of nitrogens with zero attached hydrogens (tertiary/aromatic N) is 3. The highest BCUT2D eigenvalue weighted by atomic mass is 35.5. The number of rotatable bonds is 8. The summed E-state index contributed by atoms with van der Waals surface area (Å²) < 4.78 is 0. The van der Waals surface area contributed by atoms with E-state index in [0.717, 1.165) is 23.6 Å². The van der Waals surface area contributed by atoms with Crippen LogP contribution in [0.15, 0.2) is 36.4 Å². The Morgan fingerprint density at radius 3 is 2.67 bits per heavy atom. The van der Waals surface area contributed by atoms with Crippen molar-refractivity contribution in [1.29, 1.82) is 0 Å². The fourth-order valence-corrected chi connectivity index (χ4v) is 2.27. The van der Waals surface area contributed by atoms with Crippen LogP contribution in [-0.4, -0.2) is 54.7 Å². The Kier molecular flexibility index (Phi) is 6.96. The molecule has 1 aromatic heterocycles. The van der Waals surface area contributed by atoms with Crippen LogP contribution in [0, 0.1) is 0 Å². The molecule has 0 atom stereocenters. The molecule has 1 amide bonds. The van der Waals surface area contributed by atoms with Crippen LogP contribution in [0.1, 0.15) is 16.1 Å². The highest BCUT2D eigenvalue weighted by Crippen LogP contribution is 2.11. The van der Waals surface area contributed by atoms with Gasteiger partial charge in [0, 0.05) is 24.7 Å². The molecule has 0 bridgehead atoms. The van der Waals surface area contributed by atoms with E-state index < -0.39 is 0 Å². The van der Waals surface area contributed by atoms with Gasteiger partial charge in [-0.05, 0) is 50.3 Å². The van der Waals surface area contributed by atoms with Crippen molar-refractivity contribution < 1.29 is 4.79 Å². The van der Waals surface area contributed by atoms with Crippen molar-refractivity contribution >= 4 is 23.3 Å². The van der Waals surface area contributed by atoms with Gasteiger partial charge in [-0.15, -0.1) is 10.2 Å². The molecular weight excluding hydrogens is 326 g/mol. The number of benzene rings is 1. The van der Waals surface area contributed by atoms with Gasteiger partial charge in [-0.2, -0.15) is 0 Å². The third-order valence-corrected chi connectivity index (χ3v) is 3.59. The first-order valence-electron chi connectivity index (χ1n) is 7.79. The summed E-state index contributed by atoms with van der Waals surface area (Å²) in [4.78, 5) is 13.9. The predicted molar refractivity (Wildman–Crippen MR) is 96.6 cm³/mol. The first kappa shape index (κ1) is 18.2. The zero-order valence-corrected chi connectivity index (χ0v) is 14.7. The summed E-state index contributed by atoms with van der Waals surface area (Å²) in [5.74, 6) is 0.427. The van der Waals surface area contributed by atoms with E-state index in [1.54, 1.807) is 12.1 Å². The zero-order chi connectivity index (χ0) is 17.4. The van der Waals surface area contributed by atoms with Gasteiger partial charge in [0.25, 0.3) is 5.91 Å². The molecule has 0 spiro atoms. The fraction of sp³-hybridized carbons (Fsp3) is 0.353. The molecule has 7 heteroatoms. The van der Waals surface area contributed by atoms with E-state index in [9.17, 15) is 4.79 Å². The van der Waals surface area contributed by atoms with Crippen LogP contribution in [-0.2, 0) is 6.42 Å². The molecule has 0 fully saturated rings. The second-order valence-electron chi connectivity index (χ2n) is 5.67. The molecule has 6 nitrogen and oxygen atoms in total. The van der Waals surface area contributed by atoms with Crippen molar-refractivity contribution in [3.05, 3.63) is 52.7 Å². The minimum Gasteiger partial charge on any atom is -0.368 e. The van der Waals surface area contributed by atoms with Gasteiger partial charge in [-0.3, -0.25) is 4.79 Å². The highest BCUT2D eigenvalue weighted by Gasteiger charge is 2.07. The molecule has 2 aromatic rings. The molecule has 2 N–H and O–H groups in total. The lowest BCUT2D eigenvalue weighted by atomic mass is 10.1. The number of amides is 1. The minimum absolute atomic E-state index is 0.213. The number of anilines is 1. The number of carbonyl (C=O) groups is 1. The van der Waals surface area contributed by atoms with Crippen LogP contribution >= 0.6 is 11.6 Å². The highest BCUT2D eigenvalue weighted by molar-refractivity contribution is 6.30. The van der Waals surface area contributed by atoms with E-state index in [4.69, 9.17) is 11.6 Å². The van der Waals surface area contributed by atoms with Gasteiger partial charge in [-0.1, -0.05) is 23.7 Å².